The van der Waals surface area contributed by atoms with E-state index in [0.717, 1.165) is 56.5 Å². The van der Waals surface area contributed by atoms with E-state index in [0.29, 0.717) is 5.56 Å². The predicted molar refractivity (Wildman–Crippen MR) is 93.0 cm³/mol. The Morgan fingerprint density at radius 3 is 2.17 bits per heavy atom. The summed E-state index contributed by atoms with van der Waals surface area (Å²) in [4.78, 5) is 25.6. The van der Waals surface area contributed by atoms with Crippen LogP contribution in [0.3, 0.4) is 0 Å². The molecule has 5 nitrogen and oxygen atoms in total. The summed E-state index contributed by atoms with van der Waals surface area (Å²) < 4.78 is 0. The molecule has 0 radical (unpaired) electrons. The lowest BCUT2D eigenvalue weighted by Crippen LogP contribution is -2.32. The number of carbonyl (C=O) groups excluding carboxylic acids is 2. The Morgan fingerprint density at radius 2 is 1.65 bits per heavy atom. The molecular formula is C17H24ClN3O2. The Hall–Kier alpha value is -1.59. The normalized spacial score (nSPS) is 23.4. The van der Waals surface area contributed by atoms with Gasteiger partial charge in [-0.3, -0.25) is 9.59 Å². The van der Waals surface area contributed by atoms with Crippen molar-refractivity contribution in [3.63, 3.8) is 0 Å². The fourth-order valence-corrected chi connectivity index (χ4v) is 3.50. The first-order valence-corrected chi connectivity index (χ1v) is 8.01. The minimum atomic E-state index is -0.105. The molecule has 2 fully saturated rings. The van der Waals surface area contributed by atoms with Gasteiger partial charge in [0.15, 0.2) is 0 Å². The van der Waals surface area contributed by atoms with E-state index >= 15 is 0 Å². The number of fused-ring (bicyclic) bond motifs is 1. The summed E-state index contributed by atoms with van der Waals surface area (Å²) in [5.41, 5.74) is 1.42. The standard InChI is InChI=1S/C17H23N3O2.ClH/c1-12(21)19-16-4-2-13(3-5-16)17(22)20-8-6-14-10-18-11-15(14)7-9-20;/h2-5,14-15,18H,6-11H2,1H3,(H,19,21);1H/t14-,15+;. The molecule has 6 heteroatoms. The second-order valence-electron chi connectivity index (χ2n) is 6.31. The van der Waals surface area contributed by atoms with E-state index < -0.39 is 0 Å². The lowest BCUT2D eigenvalue weighted by atomic mass is 9.92. The first-order chi connectivity index (χ1) is 10.6. The van der Waals surface area contributed by atoms with Gasteiger partial charge in [0.25, 0.3) is 5.91 Å². The quantitative estimate of drug-likeness (QED) is 0.869. The van der Waals surface area contributed by atoms with Gasteiger partial charge in [-0.1, -0.05) is 0 Å². The molecule has 0 unspecified atom stereocenters. The van der Waals surface area contributed by atoms with Gasteiger partial charge in [0.2, 0.25) is 5.91 Å². The number of likely N-dealkylation sites (tertiary alicyclic amines) is 1. The van der Waals surface area contributed by atoms with Crippen molar-refractivity contribution in [1.29, 1.82) is 0 Å². The second kappa shape index (κ2) is 7.79. The number of hydrogen-bond donors (Lipinski definition) is 2. The van der Waals surface area contributed by atoms with E-state index in [9.17, 15) is 9.59 Å². The largest absolute Gasteiger partial charge is 0.339 e. The molecule has 2 heterocycles. The minimum Gasteiger partial charge on any atom is -0.339 e. The fourth-order valence-electron chi connectivity index (χ4n) is 3.50. The molecule has 3 rings (SSSR count). The lowest BCUT2D eigenvalue weighted by molar-refractivity contribution is -0.114. The average Bonchev–Trinajstić information content (AvgIpc) is 2.85. The van der Waals surface area contributed by atoms with Gasteiger partial charge in [0.05, 0.1) is 0 Å². The van der Waals surface area contributed by atoms with Gasteiger partial charge in [0.1, 0.15) is 0 Å². The third-order valence-electron chi connectivity index (χ3n) is 4.76. The van der Waals surface area contributed by atoms with Crippen molar-refractivity contribution >= 4 is 29.9 Å². The van der Waals surface area contributed by atoms with Crippen LogP contribution in [0.15, 0.2) is 24.3 Å². The number of anilines is 1. The van der Waals surface area contributed by atoms with Gasteiger partial charge >= 0.3 is 0 Å². The zero-order chi connectivity index (χ0) is 15.5. The zero-order valence-electron chi connectivity index (χ0n) is 13.4. The Balaban J connectivity index is 0.00000192. The van der Waals surface area contributed by atoms with Crippen LogP contribution in [0.5, 0.6) is 0 Å². The highest BCUT2D eigenvalue weighted by atomic mass is 35.5. The summed E-state index contributed by atoms with van der Waals surface area (Å²) in [6, 6.07) is 7.15. The smallest absolute Gasteiger partial charge is 0.253 e. The van der Waals surface area contributed by atoms with Gasteiger partial charge in [-0.25, -0.2) is 0 Å². The lowest BCUT2D eigenvalue weighted by Gasteiger charge is -2.21. The van der Waals surface area contributed by atoms with Crippen LogP contribution in [0.4, 0.5) is 5.69 Å². The summed E-state index contributed by atoms with van der Waals surface area (Å²) in [6.07, 6.45) is 2.18. The van der Waals surface area contributed by atoms with E-state index in [1.807, 2.05) is 4.90 Å². The Morgan fingerprint density at radius 1 is 1.09 bits per heavy atom. The van der Waals surface area contributed by atoms with Crippen LogP contribution < -0.4 is 10.6 Å². The predicted octanol–water partition coefficient (Wildman–Crippen LogP) is 2.14. The molecular weight excluding hydrogens is 314 g/mol. The van der Waals surface area contributed by atoms with Crippen LogP contribution in [0.2, 0.25) is 0 Å². The summed E-state index contributed by atoms with van der Waals surface area (Å²) in [6.45, 7) is 5.35. The Kier molecular flexibility index (Phi) is 6.02. The average molecular weight is 338 g/mol. The summed E-state index contributed by atoms with van der Waals surface area (Å²) >= 11 is 0. The molecule has 0 aromatic heterocycles. The number of rotatable bonds is 2. The molecule has 0 aliphatic carbocycles. The van der Waals surface area contributed by atoms with Gasteiger partial charge in [0, 0.05) is 31.3 Å². The van der Waals surface area contributed by atoms with Gasteiger partial charge in [-0.2, -0.15) is 0 Å². The van der Waals surface area contributed by atoms with Crippen LogP contribution in [0, 0.1) is 11.8 Å². The van der Waals surface area contributed by atoms with Gasteiger partial charge < -0.3 is 15.5 Å². The number of hydrogen-bond acceptors (Lipinski definition) is 3. The maximum absolute atomic E-state index is 12.6. The number of nitrogens with zero attached hydrogens (tertiary/aromatic N) is 1. The van der Waals surface area contributed by atoms with Gasteiger partial charge in [-0.15, -0.1) is 12.4 Å². The van der Waals surface area contributed by atoms with E-state index in [1.54, 1.807) is 24.3 Å². The van der Waals surface area contributed by atoms with E-state index in [-0.39, 0.29) is 24.2 Å². The number of halogens is 1. The van der Waals surface area contributed by atoms with Crippen molar-refractivity contribution in [2.24, 2.45) is 11.8 Å². The van der Waals surface area contributed by atoms with Crippen LogP contribution >= 0.6 is 12.4 Å². The number of nitrogens with one attached hydrogen (secondary N) is 2. The molecule has 2 saturated heterocycles. The molecule has 1 aromatic carbocycles. The molecule has 23 heavy (non-hydrogen) atoms. The molecule has 0 bridgehead atoms. The molecule has 2 aliphatic rings. The minimum absolute atomic E-state index is 0. The number of amides is 2. The first kappa shape index (κ1) is 17.8. The SMILES string of the molecule is CC(=O)Nc1ccc(C(=O)N2CC[C@@H]3CNC[C@@H]3CC2)cc1.Cl. The number of benzene rings is 1. The molecule has 1 aromatic rings. The summed E-state index contributed by atoms with van der Waals surface area (Å²) in [5, 5.41) is 6.17. The summed E-state index contributed by atoms with van der Waals surface area (Å²) in [5.74, 6) is 1.44. The topological polar surface area (TPSA) is 61.4 Å². The molecule has 2 aliphatic heterocycles. The highest BCUT2D eigenvalue weighted by Crippen LogP contribution is 2.27. The second-order valence-corrected chi connectivity index (χ2v) is 6.31. The Labute approximate surface area is 143 Å². The molecule has 126 valence electrons. The van der Waals surface area contributed by atoms with E-state index in [1.165, 1.54) is 6.92 Å². The van der Waals surface area contributed by atoms with Gasteiger partial charge in [-0.05, 0) is 62.0 Å². The maximum Gasteiger partial charge on any atom is 0.253 e. The third-order valence-corrected chi connectivity index (χ3v) is 4.76. The fraction of sp³-hybridized carbons (Fsp3) is 0.529. The summed E-state index contributed by atoms with van der Waals surface area (Å²) in [7, 11) is 0. The molecule has 2 amide bonds. The molecule has 0 saturated carbocycles. The first-order valence-electron chi connectivity index (χ1n) is 8.01. The molecule has 0 spiro atoms. The van der Waals surface area contributed by atoms with Crippen molar-refractivity contribution in [2.75, 3.05) is 31.5 Å². The van der Waals surface area contributed by atoms with Crippen molar-refractivity contribution in [3.8, 4) is 0 Å². The van der Waals surface area contributed by atoms with Crippen LogP contribution in [-0.2, 0) is 4.79 Å². The van der Waals surface area contributed by atoms with Crippen molar-refractivity contribution in [2.45, 2.75) is 19.8 Å². The monoisotopic (exact) mass is 337 g/mol. The maximum atomic E-state index is 12.6. The van der Waals surface area contributed by atoms with Crippen molar-refractivity contribution in [1.82, 2.24) is 10.2 Å². The third kappa shape index (κ3) is 4.24. The molecule has 2 N–H and O–H groups in total. The van der Waals surface area contributed by atoms with Crippen molar-refractivity contribution < 1.29 is 9.59 Å². The van der Waals surface area contributed by atoms with Crippen LogP contribution in [0.25, 0.3) is 0 Å². The highest BCUT2D eigenvalue weighted by Gasteiger charge is 2.31. The van der Waals surface area contributed by atoms with Crippen LogP contribution in [-0.4, -0.2) is 42.9 Å². The van der Waals surface area contributed by atoms with E-state index in [2.05, 4.69) is 10.6 Å². The van der Waals surface area contributed by atoms with Crippen LogP contribution in [0.1, 0.15) is 30.1 Å². The van der Waals surface area contributed by atoms with E-state index in [4.69, 9.17) is 0 Å². The number of carbonyl (C=O) groups is 2. The zero-order valence-corrected chi connectivity index (χ0v) is 14.2. The molecule has 2 atom stereocenters. The highest BCUT2D eigenvalue weighted by molar-refractivity contribution is 5.95. The van der Waals surface area contributed by atoms with Crippen molar-refractivity contribution in [3.05, 3.63) is 29.8 Å². The Bertz CT molecular complexity index is 547.